The van der Waals surface area contributed by atoms with Gasteiger partial charge >= 0.3 is 6.18 Å². The quantitative estimate of drug-likeness (QED) is 0.732. The van der Waals surface area contributed by atoms with Gasteiger partial charge in [-0.25, -0.2) is 0 Å². The van der Waals surface area contributed by atoms with Crippen LogP contribution in [0.3, 0.4) is 0 Å². The summed E-state index contributed by atoms with van der Waals surface area (Å²) in [6, 6.07) is 7.33. The zero-order valence-corrected chi connectivity index (χ0v) is 13.8. The number of rotatable bonds is 5. The second-order valence-corrected chi connectivity index (χ2v) is 6.45. The zero-order valence-electron chi connectivity index (χ0n) is 11.4. The second-order valence-electron chi connectivity index (χ2n) is 4.59. The number of thiophene rings is 1. The number of likely N-dealkylation sites (N-methyl/N-ethyl adjacent to an activating group) is 1. The van der Waals surface area contributed by atoms with Gasteiger partial charge < -0.3 is 5.32 Å². The standard InChI is InChI=1S/C15H15BrF3NS/c1-2-20-13(9-14-12(16)7-8-21-14)10-5-3-4-6-11(10)15(17,18)19/h3-8,13,20H,2,9H2,1H3. The highest BCUT2D eigenvalue weighted by molar-refractivity contribution is 9.10. The molecular formula is C15H15BrF3NS. The van der Waals surface area contributed by atoms with Crippen molar-refractivity contribution in [3.63, 3.8) is 0 Å². The van der Waals surface area contributed by atoms with Crippen molar-refractivity contribution in [1.82, 2.24) is 5.32 Å². The van der Waals surface area contributed by atoms with Crippen LogP contribution in [-0.4, -0.2) is 6.54 Å². The largest absolute Gasteiger partial charge is 0.416 e. The molecule has 0 aliphatic carbocycles. The van der Waals surface area contributed by atoms with Crippen LogP contribution >= 0.6 is 27.3 Å². The molecule has 1 nitrogen and oxygen atoms in total. The third-order valence-electron chi connectivity index (χ3n) is 3.17. The van der Waals surface area contributed by atoms with E-state index < -0.39 is 11.7 Å². The number of nitrogens with one attached hydrogen (secondary N) is 1. The van der Waals surface area contributed by atoms with Crippen LogP contribution in [0.25, 0.3) is 0 Å². The summed E-state index contributed by atoms with van der Waals surface area (Å²) in [6.07, 6.45) is -3.81. The SMILES string of the molecule is CCNC(Cc1sccc1Br)c1ccccc1C(F)(F)F. The molecule has 0 saturated heterocycles. The molecule has 0 aliphatic rings. The van der Waals surface area contributed by atoms with Crippen molar-refractivity contribution in [2.24, 2.45) is 0 Å². The molecule has 2 aromatic rings. The minimum atomic E-state index is -4.34. The fourth-order valence-electron chi connectivity index (χ4n) is 2.25. The molecule has 0 spiro atoms. The third-order valence-corrected chi connectivity index (χ3v) is 5.12. The lowest BCUT2D eigenvalue weighted by atomic mass is 9.97. The van der Waals surface area contributed by atoms with E-state index in [2.05, 4.69) is 21.2 Å². The second kappa shape index (κ2) is 6.94. The van der Waals surface area contributed by atoms with Gasteiger partial charge in [0.2, 0.25) is 0 Å². The fourth-order valence-corrected chi connectivity index (χ4v) is 3.81. The Kier molecular flexibility index (Phi) is 5.46. The molecule has 2 rings (SSSR count). The maximum atomic E-state index is 13.2. The van der Waals surface area contributed by atoms with Crippen molar-refractivity contribution >= 4 is 27.3 Å². The van der Waals surface area contributed by atoms with Gasteiger partial charge in [0.1, 0.15) is 0 Å². The van der Waals surface area contributed by atoms with Gasteiger partial charge in [-0.1, -0.05) is 25.1 Å². The lowest BCUT2D eigenvalue weighted by Crippen LogP contribution is -2.25. The van der Waals surface area contributed by atoms with Crippen LogP contribution in [0.2, 0.25) is 0 Å². The summed E-state index contributed by atoms with van der Waals surface area (Å²) in [5.41, 5.74) is -0.268. The third kappa shape index (κ3) is 4.08. The number of hydrogen-bond acceptors (Lipinski definition) is 2. The van der Waals surface area contributed by atoms with Crippen LogP contribution in [0.15, 0.2) is 40.2 Å². The highest BCUT2D eigenvalue weighted by Gasteiger charge is 2.34. The summed E-state index contributed by atoms with van der Waals surface area (Å²) >= 11 is 4.98. The van der Waals surface area contributed by atoms with E-state index in [1.54, 1.807) is 23.5 Å². The van der Waals surface area contributed by atoms with Crippen LogP contribution in [0, 0.1) is 0 Å². The van der Waals surface area contributed by atoms with Crippen LogP contribution in [0.5, 0.6) is 0 Å². The smallest absolute Gasteiger partial charge is 0.310 e. The molecule has 1 aromatic heterocycles. The minimum absolute atomic E-state index is 0.298. The Labute approximate surface area is 134 Å². The van der Waals surface area contributed by atoms with E-state index in [0.29, 0.717) is 18.5 Å². The first-order valence-electron chi connectivity index (χ1n) is 6.54. The molecule has 1 N–H and O–H groups in total. The van der Waals surface area contributed by atoms with Crippen molar-refractivity contribution in [2.75, 3.05) is 6.54 Å². The van der Waals surface area contributed by atoms with Gasteiger partial charge in [-0.2, -0.15) is 13.2 Å². The van der Waals surface area contributed by atoms with E-state index >= 15 is 0 Å². The number of hydrogen-bond donors (Lipinski definition) is 1. The predicted molar refractivity (Wildman–Crippen MR) is 83.6 cm³/mol. The van der Waals surface area contributed by atoms with Crippen molar-refractivity contribution in [3.05, 3.63) is 56.2 Å². The van der Waals surface area contributed by atoms with E-state index in [1.165, 1.54) is 6.07 Å². The molecule has 1 unspecified atom stereocenters. The summed E-state index contributed by atoms with van der Waals surface area (Å²) in [5, 5.41) is 5.09. The van der Waals surface area contributed by atoms with Crippen molar-refractivity contribution in [2.45, 2.75) is 25.6 Å². The van der Waals surface area contributed by atoms with Gasteiger partial charge in [0, 0.05) is 21.8 Å². The Balaban J connectivity index is 2.37. The molecule has 1 atom stereocenters. The van der Waals surface area contributed by atoms with Gasteiger partial charge in [-0.05, 0) is 45.6 Å². The molecule has 1 heterocycles. The van der Waals surface area contributed by atoms with E-state index in [-0.39, 0.29) is 6.04 Å². The van der Waals surface area contributed by atoms with Crippen molar-refractivity contribution in [1.29, 1.82) is 0 Å². The zero-order chi connectivity index (χ0) is 15.5. The van der Waals surface area contributed by atoms with E-state index in [9.17, 15) is 13.2 Å². The number of alkyl halides is 3. The van der Waals surface area contributed by atoms with Crippen molar-refractivity contribution in [3.8, 4) is 0 Å². The van der Waals surface area contributed by atoms with Crippen LogP contribution in [-0.2, 0) is 12.6 Å². The molecular weight excluding hydrogens is 363 g/mol. The lowest BCUT2D eigenvalue weighted by molar-refractivity contribution is -0.138. The monoisotopic (exact) mass is 377 g/mol. The van der Waals surface area contributed by atoms with Gasteiger partial charge in [0.25, 0.3) is 0 Å². The number of halogens is 4. The topological polar surface area (TPSA) is 12.0 Å². The van der Waals surface area contributed by atoms with E-state index in [4.69, 9.17) is 0 Å². The Morgan fingerprint density at radius 3 is 2.52 bits per heavy atom. The molecule has 6 heteroatoms. The molecule has 114 valence electrons. The summed E-state index contributed by atoms with van der Waals surface area (Å²) in [5.74, 6) is 0. The first kappa shape index (κ1) is 16.5. The van der Waals surface area contributed by atoms with Crippen LogP contribution in [0.4, 0.5) is 13.2 Å². The Bertz CT molecular complexity index is 595. The molecule has 0 bridgehead atoms. The maximum Gasteiger partial charge on any atom is 0.416 e. The van der Waals surface area contributed by atoms with Gasteiger partial charge in [0.15, 0.2) is 0 Å². The molecule has 0 fully saturated rings. The average Bonchev–Trinajstić information content (AvgIpc) is 2.83. The highest BCUT2D eigenvalue weighted by atomic mass is 79.9. The summed E-state index contributed by atoms with van der Waals surface area (Å²) in [6.45, 7) is 2.51. The summed E-state index contributed by atoms with van der Waals surface area (Å²) < 4.78 is 40.5. The molecule has 0 aliphatic heterocycles. The Morgan fingerprint density at radius 1 is 1.24 bits per heavy atom. The van der Waals surface area contributed by atoms with E-state index in [1.807, 2.05) is 18.4 Å². The first-order valence-corrected chi connectivity index (χ1v) is 8.22. The number of benzene rings is 1. The molecule has 1 aromatic carbocycles. The van der Waals surface area contributed by atoms with Gasteiger partial charge in [0.05, 0.1) is 5.56 Å². The normalized spacial score (nSPS) is 13.4. The van der Waals surface area contributed by atoms with Crippen LogP contribution < -0.4 is 5.32 Å². The van der Waals surface area contributed by atoms with E-state index in [0.717, 1.165) is 15.4 Å². The molecule has 0 amide bonds. The Hall–Kier alpha value is -0.850. The van der Waals surface area contributed by atoms with Gasteiger partial charge in [-0.15, -0.1) is 11.3 Å². The summed E-state index contributed by atoms with van der Waals surface area (Å²) in [7, 11) is 0. The Morgan fingerprint density at radius 2 is 1.95 bits per heavy atom. The van der Waals surface area contributed by atoms with Crippen molar-refractivity contribution < 1.29 is 13.2 Å². The predicted octanol–water partition coefficient (Wildman–Crippen LogP) is 5.42. The molecule has 0 saturated carbocycles. The molecule has 21 heavy (non-hydrogen) atoms. The highest BCUT2D eigenvalue weighted by Crippen LogP contribution is 2.36. The lowest BCUT2D eigenvalue weighted by Gasteiger charge is -2.22. The first-order chi connectivity index (χ1) is 9.93. The maximum absolute atomic E-state index is 13.2. The minimum Gasteiger partial charge on any atom is -0.310 e. The summed E-state index contributed by atoms with van der Waals surface area (Å²) in [4.78, 5) is 1.04. The average molecular weight is 378 g/mol. The van der Waals surface area contributed by atoms with Gasteiger partial charge in [-0.3, -0.25) is 0 Å². The van der Waals surface area contributed by atoms with Crippen LogP contribution in [0.1, 0.15) is 29.0 Å². The fraction of sp³-hybridized carbons (Fsp3) is 0.333. The molecule has 0 radical (unpaired) electrons.